The molecule has 2 heterocycles. The van der Waals surface area contributed by atoms with Crippen molar-refractivity contribution in [2.75, 3.05) is 13.7 Å². The van der Waals surface area contributed by atoms with E-state index >= 15 is 0 Å². The van der Waals surface area contributed by atoms with Gasteiger partial charge in [-0.1, -0.05) is 25.1 Å². The number of hydrogen-bond acceptors (Lipinski definition) is 3. The van der Waals surface area contributed by atoms with E-state index in [1.165, 1.54) is 17.5 Å². The predicted octanol–water partition coefficient (Wildman–Crippen LogP) is 4.67. The van der Waals surface area contributed by atoms with E-state index in [1.54, 1.807) is 7.11 Å². The van der Waals surface area contributed by atoms with Gasteiger partial charge in [-0.15, -0.1) is 0 Å². The molecule has 0 saturated carbocycles. The third-order valence-corrected chi connectivity index (χ3v) is 5.90. The average Bonchev–Trinajstić information content (AvgIpc) is 3.15. The largest absolute Gasteiger partial charge is 0.496 e. The predicted molar refractivity (Wildman–Crippen MR) is 109 cm³/mol. The van der Waals surface area contributed by atoms with E-state index in [9.17, 15) is 0 Å². The summed E-state index contributed by atoms with van der Waals surface area (Å²) in [6.45, 7) is 5.65. The first kappa shape index (κ1) is 18.1. The SMILES string of the molecule is CCCN(C1CCc2cccc(OC)c2C1)C(C)c1cc2ccccn2n1. The van der Waals surface area contributed by atoms with E-state index in [1.807, 2.05) is 16.8 Å². The Morgan fingerprint density at radius 2 is 2.15 bits per heavy atom. The number of methoxy groups -OCH3 is 1. The monoisotopic (exact) mass is 363 g/mol. The van der Waals surface area contributed by atoms with Crippen LogP contribution in [0.3, 0.4) is 0 Å². The summed E-state index contributed by atoms with van der Waals surface area (Å²) in [7, 11) is 1.78. The third-order valence-electron chi connectivity index (χ3n) is 5.90. The highest BCUT2D eigenvalue weighted by molar-refractivity contribution is 5.47. The molecular formula is C23H29N3O. The molecule has 0 amide bonds. The zero-order valence-corrected chi connectivity index (χ0v) is 16.6. The van der Waals surface area contributed by atoms with Crippen LogP contribution in [0, 0.1) is 0 Å². The summed E-state index contributed by atoms with van der Waals surface area (Å²) in [6.07, 6.45) is 6.54. The second-order valence-electron chi connectivity index (χ2n) is 7.55. The Hall–Kier alpha value is -2.33. The first-order valence-electron chi connectivity index (χ1n) is 10.1. The second kappa shape index (κ2) is 7.73. The van der Waals surface area contributed by atoms with Gasteiger partial charge < -0.3 is 4.74 Å². The average molecular weight is 364 g/mol. The summed E-state index contributed by atoms with van der Waals surface area (Å²) in [4.78, 5) is 2.65. The molecule has 1 aliphatic carbocycles. The van der Waals surface area contributed by atoms with Gasteiger partial charge in [-0.2, -0.15) is 5.10 Å². The van der Waals surface area contributed by atoms with Crippen LogP contribution in [0.2, 0.25) is 0 Å². The van der Waals surface area contributed by atoms with E-state index < -0.39 is 0 Å². The van der Waals surface area contributed by atoms with Crippen LogP contribution in [0.5, 0.6) is 5.75 Å². The number of aromatic nitrogens is 2. The highest BCUT2D eigenvalue weighted by atomic mass is 16.5. The molecule has 2 atom stereocenters. The summed E-state index contributed by atoms with van der Waals surface area (Å²) in [5.74, 6) is 1.04. The lowest BCUT2D eigenvalue weighted by molar-refractivity contribution is 0.127. The van der Waals surface area contributed by atoms with Crippen molar-refractivity contribution in [3.63, 3.8) is 0 Å². The Labute approximate surface area is 161 Å². The minimum Gasteiger partial charge on any atom is -0.496 e. The van der Waals surface area contributed by atoms with Crippen LogP contribution in [0.4, 0.5) is 0 Å². The summed E-state index contributed by atoms with van der Waals surface area (Å²) in [5, 5.41) is 4.84. The molecule has 4 heteroatoms. The number of fused-ring (bicyclic) bond motifs is 2. The van der Waals surface area contributed by atoms with Crippen molar-refractivity contribution in [3.8, 4) is 5.75 Å². The minimum atomic E-state index is 0.297. The van der Waals surface area contributed by atoms with E-state index in [2.05, 4.69) is 55.1 Å². The molecule has 27 heavy (non-hydrogen) atoms. The Bertz CT molecular complexity index is 870. The van der Waals surface area contributed by atoms with E-state index in [-0.39, 0.29) is 0 Å². The maximum absolute atomic E-state index is 5.65. The highest BCUT2D eigenvalue weighted by Crippen LogP contribution is 2.34. The number of ether oxygens (including phenoxy) is 1. The minimum absolute atomic E-state index is 0.297. The lowest BCUT2D eigenvalue weighted by Crippen LogP contribution is -2.41. The third kappa shape index (κ3) is 3.46. The molecule has 0 spiro atoms. The van der Waals surface area contributed by atoms with Gasteiger partial charge in [0.15, 0.2) is 0 Å². The Morgan fingerprint density at radius 3 is 2.93 bits per heavy atom. The van der Waals surface area contributed by atoms with Crippen LogP contribution in [-0.4, -0.2) is 34.2 Å². The molecule has 0 N–H and O–H groups in total. The number of hydrogen-bond donors (Lipinski definition) is 0. The molecule has 3 aromatic rings. The van der Waals surface area contributed by atoms with Crippen molar-refractivity contribution >= 4 is 5.52 Å². The summed E-state index contributed by atoms with van der Waals surface area (Å²) >= 11 is 0. The molecule has 1 aliphatic rings. The van der Waals surface area contributed by atoms with Crippen LogP contribution >= 0.6 is 0 Å². The van der Waals surface area contributed by atoms with E-state index in [4.69, 9.17) is 9.84 Å². The van der Waals surface area contributed by atoms with Crippen LogP contribution in [-0.2, 0) is 12.8 Å². The molecule has 4 nitrogen and oxygen atoms in total. The standard InChI is InChI=1S/C23H29N3O/c1-4-13-25(17(2)22-16-20-9-5-6-14-26(20)24-22)19-12-11-18-8-7-10-23(27-3)21(18)15-19/h5-10,14,16-17,19H,4,11-13,15H2,1-3H3. The maximum Gasteiger partial charge on any atom is 0.122 e. The Balaban J connectivity index is 1.62. The zero-order chi connectivity index (χ0) is 18.8. The van der Waals surface area contributed by atoms with Gasteiger partial charge in [0.05, 0.1) is 24.4 Å². The van der Waals surface area contributed by atoms with Crippen LogP contribution in [0.15, 0.2) is 48.7 Å². The fourth-order valence-corrected chi connectivity index (χ4v) is 4.49. The van der Waals surface area contributed by atoms with Crippen molar-refractivity contribution in [1.82, 2.24) is 14.5 Å². The summed E-state index contributed by atoms with van der Waals surface area (Å²) < 4.78 is 7.63. The van der Waals surface area contributed by atoms with Gasteiger partial charge in [-0.25, -0.2) is 4.52 Å². The molecular weight excluding hydrogens is 334 g/mol. The fourth-order valence-electron chi connectivity index (χ4n) is 4.49. The van der Waals surface area contributed by atoms with Crippen LogP contribution in [0.25, 0.3) is 5.52 Å². The maximum atomic E-state index is 5.65. The molecule has 0 aliphatic heterocycles. The van der Waals surface area contributed by atoms with Gasteiger partial charge in [0.2, 0.25) is 0 Å². The molecule has 0 fully saturated rings. The van der Waals surface area contributed by atoms with Crippen LogP contribution in [0.1, 0.15) is 49.6 Å². The number of rotatable bonds is 6. The Kier molecular flexibility index (Phi) is 5.17. The van der Waals surface area contributed by atoms with Crippen LogP contribution < -0.4 is 4.74 Å². The van der Waals surface area contributed by atoms with E-state index in [0.717, 1.165) is 42.8 Å². The first-order valence-corrected chi connectivity index (χ1v) is 10.1. The number of benzene rings is 1. The smallest absolute Gasteiger partial charge is 0.122 e. The summed E-state index contributed by atoms with van der Waals surface area (Å²) in [6, 6.07) is 15.7. The number of nitrogens with zero attached hydrogens (tertiary/aromatic N) is 3. The molecule has 0 bridgehead atoms. The molecule has 4 rings (SSSR count). The lowest BCUT2D eigenvalue weighted by Gasteiger charge is -2.38. The van der Waals surface area contributed by atoms with Gasteiger partial charge in [0, 0.05) is 12.2 Å². The van der Waals surface area contributed by atoms with Crippen molar-refractivity contribution < 1.29 is 4.74 Å². The molecule has 0 radical (unpaired) electrons. The number of pyridine rings is 1. The van der Waals surface area contributed by atoms with Gasteiger partial charge in [-0.3, -0.25) is 4.90 Å². The van der Waals surface area contributed by atoms with Gasteiger partial charge >= 0.3 is 0 Å². The highest BCUT2D eigenvalue weighted by Gasteiger charge is 2.30. The molecule has 2 unspecified atom stereocenters. The topological polar surface area (TPSA) is 29.8 Å². The van der Waals surface area contributed by atoms with Gasteiger partial charge in [-0.05, 0) is 74.5 Å². The Morgan fingerprint density at radius 1 is 1.26 bits per heavy atom. The quantitative estimate of drug-likeness (QED) is 0.637. The zero-order valence-electron chi connectivity index (χ0n) is 16.6. The van der Waals surface area contributed by atoms with Crippen molar-refractivity contribution in [2.45, 2.75) is 51.6 Å². The second-order valence-corrected chi connectivity index (χ2v) is 7.55. The van der Waals surface area contributed by atoms with Crippen molar-refractivity contribution in [2.24, 2.45) is 0 Å². The van der Waals surface area contributed by atoms with Crippen molar-refractivity contribution in [1.29, 1.82) is 0 Å². The molecule has 1 aromatic carbocycles. The normalized spacial score (nSPS) is 17.9. The lowest BCUT2D eigenvalue weighted by atomic mass is 9.86. The molecule has 0 saturated heterocycles. The molecule has 2 aromatic heterocycles. The summed E-state index contributed by atoms with van der Waals surface area (Å²) in [5.41, 5.74) is 5.15. The van der Waals surface area contributed by atoms with Gasteiger partial charge in [0.1, 0.15) is 5.75 Å². The number of aryl methyl sites for hydroxylation is 1. The molecule has 142 valence electrons. The van der Waals surface area contributed by atoms with Crippen molar-refractivity contribution in [3.05, 3.63) is 65.5 Å². The van der Waals surface area contributed by atoms with E-state index in [0.29, 0.717) is 12.1 Å². The fraction of sp³-hybridized carbons (Fsp3) is 0.435. The van der Waals surface area contributed by atoms with Gasteiger partial charge in [0.25, 0.3) is 0 Å². The first-order chi connectivity index (χ1) is 13.2.